The Morgan fingerprint density at radius 1 is 0.760 bits per heavy atom. The van der Waals surface area contributed by atoms with Gasteiger partial charge in [-0.05, 0) is 73.0 Å². The van der Waals surface area contributed by atoms with E-state index in [4.69, 9.17) is 0 Å². The quantitative estimate of drug-likeness (QED) is 0.375. The van der Waals surface area contributed by atoms with Gasteiger partial charge >= 0.3 is 0 Å². The summed E-state index contributed by atoms with van der Waals surface area (Å²) in [4.78, 5) is 4.62. The Bertz CT molecular complexity index is 488. The monoisotopic (exact) mass is 437 g/mol. The molecule has 0 radical (unpaired) electrons. The van der Waals surface area contributed by atoms with Crippen molar-refractivity contribution in [1.82, 2.24) is 4.98 Å². The van der Waals surface area contributed by atoms with E-state index in [1.165, 1.54) is 21.4 Å². The van der Waals surface area contributed by atoms with Crippen molar-refractivity contribution in [2.75, 3.05) is 0 Å². The summed E-state index contributed by atoms with van der Waals surface area (Å²) in [6, 6.07) is 0. The van der Waals surface area contributed by atoms with Gasteiger partial charge in [-0.1, -0.05) is 74.5 Å². The molecule has 0 atom stereocenters. The molecule has 1 heterocycles. The van der Waals surface area contributed by atoms with E-state index in [1.54, 1.807) is 0 Å². The first-order valence-electron chi connectivity index (χ1n) is 8.74. The molecule has 0 saturated carbocycles. The lowest BCUT2D eigenvalue weighted by atomic mass is 9.86. The van der Waals surface area contributed by atoms with E-state index in [0.717, 1.165) is 0 Å². The van der Waals surface area contributed by atoms with Crippen LogP contribution in [0, 0.1) is 10.8 Å². The van der Waals surface area contributed by atoms with Crippen LogP contribution < -0.4 is 0 Å². The zero-order valence-corrected chi connectivity index (χ0v) is 21.6. The maximum Gasteiger partial charge on any atom is 0.161 e. The molecule has 0 bridgehead atoms. The van der Waals surface area contributed by atoms with Gasteiger partial charge in [-0.3, -0.25) is 0 Å². The second-order valence-electron chi connectivity index (χ2n) is 10.3. The summed E-state index contributed by atoms with van der Waals surface area (Å²) in [6.07, 6.45) is 4.44. The number of rotatable bonds is 8. The van der Waals surface area contributed by atoms with Crippen molar-refractivity contribution in [1.29, 1.82) is 0 Å². The van der Waals surface area contributed by atoms with Gasteiger partial charge in [0.1, 0.15) is 0 Å². The molecule has 0 aromatic carbocycles. The fourth-order valence-corrected chi connectivity index (χ4v) is 9.99. The van der Waals surface area contributed by atoms with E-state index in [9.17, 15) is 0 Å². The second-order valence-corrected chi connectivity index (χ2v) is 17.5. The molecule has 146 valence electrons. The van der Waals surface area contributed by atoms with Gasteiger partial charge in [-0.15, -0.1) is 0 Å². The summed E-state index contributed by atoms with van der Waals surface area (Å²) in [5.41, 5.74) is 0.720. The molecule has 1 nitrogen and oxygen atoms in total. The topological polar surface area (TPSA) is 12.9 Å². The summed E-state index contributed by atoms with van der Waals surface area (Å²) in [5.74, 6) is 0. The number of hydrogen-bond donors (Lipinski definition) is 0. The van der Waals surface area contributed by atoms with Crippen LogP contribution in [0.1, 0.15) is 82.1 Å². The van der Waals surface area contributed by atoms with Gasteiger partial charge in [0, 0.05) is 9.49 Å². The molecule has 0 aliphatic heterocycles. The molecule has 6 heteroatoms. The number of hydrogen-bond acceptors (Lipinski definition) is 6. The average molecular weight is 438 g/mol. The highest BCUT2D eigenvalue weighted by molar-refractivity contribution is 8.78. The van der Waals surface area contributed by atoms with Crippen LogP contribution in [0.25, 0.3) is 0 Å². The lowest BCUT2D eigenvalue weighted by Crippen LogP contribution is -2.22. The largest absolute Gasteiger partial charge is 0.236 e. The Labute approximate surface area is 175 Å². The minimum absolute atomic E-state index is 0.255. The van der Waals surface area contributed by atoms with Crippen molar-refractivity contribution >= 4 is 54.5 Å². The van der Waals surface area contributed by atoms with Crippen molar-refractivity contribution in [2.45, 2.75) is 100 Å². The maximum atomic E-state index is 4.62. The zero-order chi connectivity index (χ0) is 19.5. The van der Waals surface area contributed by atoms with Gasteiger partial charge in [0.05, 0.1) is 10.4 Å². The highest BCUT2D eigenvalue weighted by atomic mass is 33.1. The molecule has 0 saturated heterocycles. The van der Waals surface area contributed by atoms with Crippen LogP contribution in [0.2, 0.25) is 0 Å². The SMILES string of the molecule is CC(C)(C)CC(C)(C)SSc1cnc(SSC(C)(C)CC(C)(C)C)s1. The summed E-state index contributed by atoms with van der Waals surface area (Å²) in [7, 11) is 7.64. The molecule has 0 fully saturated rings. The number of thiazole rings is 1. The smallest absolute Gasteiger partial charge is 0.161 e. The predicted molar refractivity (Wildman–Crippen MR) is 125 cm³/mol. The minimum atomic E-state index is 0.255. The third-order valence-electron chi connectivity index (χ3n) is 3.06. The zero-order valence-electron chi connectivity index (χ0n) is 17.5. The summed E-state index contributed by atoms with van der Waals surface area (Å²) in [6.45, 7) is 23.3. The molecule has 0 aliphatic rings. The van der Waals surface area contributed by atoms with E-state index in [2.05, 4.69) is 74.2 Å². The van der Waals surface area contributed by atoms with Crippen LogP contribution in [0.5, 0.6) is 0 Å². The first kappa shape index (κ1) is 24.1. The normalized spacial score (nSPS) is 14.2. The number of aromatic nitrogens is 1. The summed E-state index contributed by atoms with van der Waals surface area (Å²) in [5, 5.41) is 0. The van der Waals surface area contributed by atoms with Gasteiger partial charge in [0.2, 0.25) is 0 Å². The number of nitrogens with zero attached hydrogens (tertiary/aromatic N) is 1. The van der Waals surface area contributed by atoms with E-state index >= 15 is 0 Å². The highest BCUT2D eigenvalue weighted by Crippen LogP contribution is 2.50. The minimum Gasteiger partial charge on any atom is -0.236 e. The van der Waals surface area contributed by atoms with Gasteiger partial charge in [0.15, 0.2) is 4.34 Å². The van der Waals surface area contributed by atoms with Crippen molar-refractivity contribution in [3.05, 3.63) is 6.20 Å². The van der Waals surface area contributed by atoms with Crippen molar-refractivity contribution in [3.63, 3.8) is 0 Å². The van der Waals surface area contributed by atoms with Gasteiger partial charge < -0.3 is 0 Å². The van der Waals surface area contributed by atoms with Crippen LogP contribution in [0.15, 0.2) is 14.7 Å². The van der Waals surface area contributed by atoms with Crippen LogP contribution in [-0.4, -0.2) is 14.5 Å². The van der Waals surface area contributed by atoms with E-state index in [0.29, 0.717) is 10.8 Å². The van der Waals surface area contributed by atoms with Crippen LogP contribution in [0.3, 0.4) is 0 Å². The third kappa shape index (κ3) is 11.5. The second kappa shape index (κ2) is 9.02. The summed E-state index contributed by atoms with van der Waals surface area (Å²) >= 11 is 1.82. The maximum absolute atomic E-state index is 4.62. The van der Waals surface area contributed by atoms with Crippen LogP contribution in [-0.2, 0) is 0 Å². The van der Waals surface area contributed by atoms with Crippen LogP contribution in [0.4, 0.5) is 0 Å². The van der Waals surface area contributed by atoms with E-state index in [-0.39, 0.29) is 9.49 Å². The summed E-state index contributed by atoms with van der Waals surface area (Å²) < 4.78 is 3.00. The lowest BCUT2D eigenvalue weighted by Gasteiger charge is -2.31. The first-order chi connectivity index (χ1) is 11.1. The fourth-order valence-electron chi connectivity index (χ4n) is 3.24. The molecule has 0 amide bonds. The van der Waals surface area contributed by atoms with Gasteiger partial charge in [-0.2, -0.15) is 0 Å². The van der Waals surface area contributed by atoms with Gasteiger partial charge in [-0.25, -0.2) is 4.98 Å². The Balaban J connectivity index is 2.52. The molecular formula is C19H35NS5. The van der Waals surface area contributed by atoms with Crippen molar-refractivity contribution < 1.29 is 0 Å². The predicted octanol–water partition coefficient (Wildman–Crippen LogP) is 9.05. The standard InChI is InChI=1S/C19H35NS5/c1-16(2,3)12-18(7,8)24-22-14-11-20-15(21-14)23-25-19(9,10)13-17(4,5)6/h11H,12-13H2,1-10H3. The third-order valence-corrected chi connectivity index (χ3v) is 11.4. The molecule has 1 aromatic heterocycles. The Hall–Kier alpha value is 1.03. The Morgan fingerprint density at radius 2 is 1.20 bits per heavy atom. The molecule has 0 spiro atoms. The highest BCUT2D eigenvalue weighted by Gasteiger charge is 2.28. The van der Waals surface area contributed by atoms with Crippen molar-refractivity contribution in [2.24, 2.45) is 10.8 Å². The Morgan fingerprint density at radius 3 is 1.64 bits per heavy atom. The fraction of sp³-hybridized carbons (Fsp3) is 0.842. The molecule has 0 unspecified atom stereocenters. The lowest BCUT2D eigenvalue weighted by molar-refractivity contribution is 0.340. The molecule has 1 rings (SSSR count). The van der Waals surface area contributed by atoms with Crippen molar-refractivity contribution in [3.8, 4) is 0 Å². The molecule has 25 heavy (non-hydrogen) atoms. The molecule has 1 aromatic rings. The molecule has 0 aliphatic carbocycles. The van der Waals surface area contributed by atoms with E-state index < -0.39 is 0 Å². The molecular weight excluding hydrogens is 403 g/mol. The molecule has 0 N–H and O–H groups in total. The average Bonchev–Trinajstić information content (AvgIpc) is 2.76. The van der Waals surface area contributed by atoms with Gasteiger partial charge in [0.25, 0.3) is 0 Å². The van der Waals surface area contributed by atoms with E-state index in [1.807, 2.05) is 60.7 Å². The first-order valence-corrected chi connectivity index (χ1v) is 13.9. The Kier molecular flexibility index (Phi) is 8.68. The van der Waals surface area contributed by atoms with Crippen LogP contribution >= 0.6 is 54.5 Å².